The molecule has 0 aliphatic carbocycles. The standard InChI is InChI=1S/C18H19N5O/c1-2-4-14(5-3-1)13-23-10-6-15(7-11-23)18-21-17(22-24-18)16-12-19-8-9-20-16/h1-5,8-9,12,15H,6-7,10-11,13H2. The van der Waals surface area contributed by atoms with Crippen LogP contribution in [0.3, 0.4) is 0 Å². The Labute approximate surface area is 140 Å². The van der Waals surface area contributed by atoms with Gasteiger partial charge < -0.3 is 4.52 Å². The lowest BCUT2D eigenvalue weighted by molar-refractivity contribution is 0.187. The lowest BCUT2D eigenvalue weighted by Crippen LogP contribution is -2.32. The molecule has 4 rings (SSSR count). The van der Waals surface area contributed by atoms with Crippen molar-refractivity contribution in [2.24, 2.45) is 0 Å². The second-order valence-corrected chi connectivity index (χ2v) is 6.08. The van der Waals surface area contributed by atoms with Gasteiger partial charge in [-0.05, 0) is 31.5 Å². The first-order chi connectivity index (χ1) is 11.9. The summed E-state index contributed by atoms with van der Waals surface area (Å²) in [6.07, 6.45) is 6.99. The van der Waals surface area contributed by atoms with Crippen LogP contribution >= 0.6 is 0 Å². The van der Waals surface area contributed by atoms with E-state index in [0.29, 0.717) is 17.4 Å². The highest BCUT2D eigenvalue weighted by atomic mass is 16.5. The van der Waals surface area contributed by atoms with E-state index in [1.807, 2.05) is 0 Å². The molecule has 6 heteroatoms. The minimum atomic E-state index is 0.329. The van der Waals surface area contributed by atoms with Gasteiger partial charge in [-0.3, -0.25) is 9.88 Å². The highest BCUT2D eigenvalue weighted by molar-refractivity contribution is 5.45. The molecule has 1 aliphatic rings. The van der Waals surface area contributed by atoms with Crippen LogP contribution in [0.5, 0.6) is 0 Å². The fourth-order valence-electron chi connectivity index (χ4n) is 3.10. The van der Waals surface area contributed by atoms with Gasteiger partial charge in [-0.15, -0.1) is 0 Å². The van der Waals surface area contributed by atoms with Crippen molar-refractivity contribution in [3.63, 3.8) is 0 Å². The molecule has 0 bridgehead atoms. The number of rotatable bonds is 4. The summed E-state index contributed by atoms with van der Waals surface area (Å²) in [5.74, 6) is 1.56. The zero-order chi connectivity index (χ0) is 16.2. The third-order valence-corrected chi connectivity index (χ3v) is 4.42. The predicted molar refractivity (Wildman–Crippen MR) is 89.0 cm³/mol. The molecule has 2 aromatic heterocycles. The molecule has 122 valence electrons. The first-order valence-electron chi connectivity index (χ1n) is 8.25. The molecule has 0 amide bonds. The molecule has 1 aliphatic heterocycles. The Morgan fingerprint density at radius 3 is 2.67 bits per heavy atom. The molecule has 0 saturated carbocycles. The molecule has 1 aromatic carbocycles. The Morgan fingerprint density at radius 1 is 1.08 bits per heavy atom. The fraction of sp³-hybridized carbons (Fsp3) is 0.333. The summed E-state index contributed by atoms with van der Waals surface area (Å²) in [7, 11) is 0. The van der Waals surface area contributed by atoms with Gasteiger partial charge in [-0.1, -0.05) is 35.5 Å². The Bertz CT molecular complexity index is 766. The maximum Gasteiger partial charge on any atom is 0.230 e. The molecule has 0 atom stereocenters. The number of likely N-dealkylation sites (tertiary alicyclic amines) is 1. The molecule has 3 aromatic rings. The van der Waals surface area contributed by atoms with Gasteiger partial charge in [-0.2, -0.15) is 4.98 Å². The lowest BCUT2D eigenvalue weighted by atomic mass is 9.96. The van der Waals surface area contributed by atoms with E-state index < -0.39 is 0 Å². The number of aromatic nitrogens is 4. The van der Waals surface area contributed by atoms with Crippen molar-refractivity contribution in [2.75, 3.05) is 13.1 Å². The molecule has 1 saturated heterocycles. The fourth-order valence-corrected chi connectivity index (χ4v) is 3.10. The van der Waals surface area contributed by atoms with Crippen LogP contribution in [0.25, 0.3) is 11.5 Å². The Balaban J connectivity index is 1.37. The maximum absolute atomic E-state index is 5.46. The van der Waals surface area contributed by atoms with Crippen molar-refractivity contribution in [1.29, 1.82) is 0 Å². The average Bonchev–Trinajstić information content (AvgIpc) is 3.14. The summed E-state index contributed by atoms with van der Waals surface area (Å²) in [6.45, 7) is 3.09. The van der Waals surface area contributed by atoms with Crippen molar-refractivity contribution < 1.29 is 4.52 Å². The highest BCUT2D eigenvalue weighted by Crippen LogP contribution is 2.28. The molecule has 6 nitrogen and oxygen atoms in total. The molecule has 0 N–H and O–H groups in total. The van der Waals surface area contributed by atoms with E-state index in [1.165, 1.54) is 5.56 Å². The van der Waals surface area contributed by atoms with E-state index in [0.717, 1.165) is 38.4 Å². The summed E-state index contributed by atoms with van der Waals surface area (Å²) in [5, 5.41) is 4.05. The van der Waals surface area contributed by atoms with Gasteiger partial charge in [0, 0.05) is 24.9 Å². The number of hydrogen-bond acceptors (Lipinski definition) is 6. The SMILES string of the molecule is c1ccc(CN2CCC(c3nc(-c4cnccn4)no3)CC2)cc1. The summed E-state index contributed by atoms with van der Waals surface area (Å²) >= 11 is 0. The van der Waals surface area contributed by atoms with E-state index in [4.69, 9.17) is 4.52 Å². The van der Waals surface area contributed by atoms with Crippen molar-refractivity contribution in [3.8, 4) is 11.5 Å². The molecule has 1 fully saturated rings. The number of hydrogen-bond donors (Lipinski definition) is 0. The second kappa shape index (κ2) is 6.88. The topological polar surface area (TPSA) is 67.9 Å². The van der Waals surface area contributed by atoms with E-state index in [1.54, 1.807) is 18.6 Å². The monoisotopic (exact) mass is 321 g/mol. The first-order valence-corrected chi connectivity index (χ1v) is 8.25. The van der Waals surface area contributed by atoms with Gasteiger partial charge in [0.05, 0.1) is 6.20 Å². The minimum Gasteiger partial charge on any atom is -0.339 e. The van der Waals surface area contributed by atoms with Crippen molar-refractivity contribution in [2.45, 2.75) is 25.3 Å². The van der Waals surface area contributed by atoms with Crippen LogP contribution in [0.15, 0.2) is 53.4 Å². The zero-order valence-electron chi connectivity index (χ0n) is 13.4. The highest BCUT2D eigenvalue weighted by Gasteiger charge is 2.25. The summed E-state index contributed by atoms with van der Waals surface area (Å²) in [4.78, 5) is 15.2. The van der Waals surface area contributed by atoms with Gasteiger partial charge in [0.1, 0.15) is 5.69 Å². The largest absolute Gasteiger partial charge is 0.339 e. The van der Waals surface area contributed by atoms with Crippen LogP contribution in [-0.2, 0) is 6.54 Å². The zero-order valence-corrected chi connectivity index (χ0v) is 13.4. The van der Waals surface area contributed by atoms with Gasteiger partial charge in [0.25, 0.3) is 0 Å². The lowest BCUT2D eigenvalue weighted by Gasteiger charge is -2.30. The molecule has 0 spiro atoms. The minimum absolute atomic E-state index is 0.329. The maximum atomic E-state index is 5.46. The molecular formula is C18H19N5O. The predicted octanol–water partition coefficient (Wildman–Crippen LogP) is 2.91. The average molecular weight is 321 g/mol. The Hall–Kier alpha value is -2.60. The van der Waals surface area contributed by atoms with Crippen LogP contribution in [0.4, 0.5) is 0 Å². The quantitative estimate of drug-likeness (QED) is 0.736. The smallest absolute Gasteiger partial charge is 0.230 e. The molecule has 0 radical (unpaired) electrons. The first kappa shape index (κ1) is 15.0. The van der Waals surface area contributed by atoms with Gasteiger partial charge in [0.15, 0.2) is 0 Å². The third kappa shape index (κ3) is 3.33. The third-order valence-electron chi connectivity index (χ3n) is 4.42. The van der Waals surface area contributed by atoms with E-state index >= 15 is 0 Å². The number of benzene rings is 1. The normalized spacial score (nSPS) is 16.3. The molecule has 3 heterocycles. The molecular weight excluding hydrogens is 302 g/mol. The van der Waals surface area contributed by atoms with Crippen molar-refractivity contribution >= 4 is 0 Å². The van der Waals surface area contributed by atoms with Gasteiger partial charge in [-0.25, -0.2) is 4.98 Å². The Kier molecular flexibility index (Phi) is 4.29. The summed E-state index contributed by atoms with van der Waals surface area (Å²) in [5.41, 5.74) is 2.01. The summed E-state index contributed by atoms with van der Waals surface area (Å²) in [6, 6.07) is 10.6. The van der Waals surface area contributed by atoms with Crippen LogP contribution in [-0.4, -0.2) is 38.1 Å². The van der Waals surface area contributed by atoms with E-state index in [9.17, 15) is 0 Å². The van der Waals surface area contributed by atoms with Crippen LogP contribution < -0.4 is 0 Å². The van der Waals surface area contributed by atoms with Gasteiger partial charge in [0.2, 0.25) is 11.7 Å². The van der Waals surface area contributed by atoms with Crippen LogP contribution in [0.2, 0.25) is 0 Å². The van der Waals surface area contributed by atoms with Crippen molar-refractivity contribution in [3.05, 3.63) is 60.4 Å². The molecule has 0 unspecified atom stereocenters. The summed E-state index contributed by atoms with van der Waals surface area (Å²) < 4.78 is 5.46. The number of piperidine rings is 1. The van der Waals surface area contributed by atoms with Crippen molar-refractivity contribution in [1.82, 2.24) is 25.0 Å². The van der Waals surface area contributed by atoms with Crippen LogP contribution in [0.1, 0.15) is 30.2 Å². The van der Waals surface area contributed by atoms with E-state index in [-0.39, 0.29) is 0 Å². The van der Waals surface area contributed by atoms with Gasteiger partial charge >= 0.3 is 0 Å². The van der Waals surface area contributed by atoms with Crippen LogP contribution in [0, 0.1) is 0 Å². The Morgan fingerprint density at radius 2 is 1.92 bits per heavy atom. The number of nitrogens with zero attached hydrogens (tertiary/aromatic N) is 5. The molecule has 24 heavy (non-hydrogen) atoms. The second-order valence-electron chi connectivity index (χ2n) is 6.08. The van der Waals surface area contributed by atoms with E-state index in [2.05, 4.69) is 55.3 Å².